The second-order valence-electron chi connectivity index (χ2n) is 5.38. The molecule has 0 radical (unpaired) electrons. The number of nitrogens with two attached hydrogens (primary N) is 1. The van der Waals surface area contributed by atoms with Crippen LogP contribution in [0.5, 0.6) is 0 Å². The third-order valence-corrected chi connectivity index (χ3v) is 4.33. The van der Waals surface area contributed by atoms with Crippen molar-refractivity contribution in [3.8, 4) is 0 Å². The molecular formula is C14H18ClNO. The summed E-state index contributed by atoms with van der Waals surface area (Å²) >= 11 is 6.21. The summed E-state index contributed by atoms with van der Waals surface area (Å²) in [7, 11) is 0. The lowest BCUT2D eigenvalue weighted by Crippen LogP contribution is -2.50. The molecular weight excluding hydrogens is 234 g/mol. The van der Waals surface area contributed by atoms with Gasteiger partial charge in [0.2, 0.25) is 0 Å². The topological polar surface area (TPSA) is 35.2 Å². The monoisotopic (exact) mass is 251 g/mol. The molecule has 1 saturated carbocycles. The highest BCUT2D eigenvalue weighted by molar-refractivity contribution is 6.31. The molecule has 1 heterocycles. The summed E-state index contributed by atoms with van der Waals surface area (Å²) in [5, 5.41) is 0.818. The molecule has 2 atom stereocenters. The van der Waals surface area contributed by atoms with Crippen molar-refractivity contribution in [1.82, 2.24) is 0 Å². The number of benzene rings is 1. The van der Waals surface area contributed by atoms with Crippen LogP contribution in [0.1, 0.15) is 24.8 Å². The van der Waals surface area contributed by atoms with Crippen molar-refractivity contribution >= 4 is 11.6 Å². The van der Waals surface area contributed by atoms with Crippen molar-refractivity contribution < 1.29 is 4.74 Å². The van der Waals surface area contributed by atoms with E-state index in [0.29, 0.717) is 5.92 Å². The number of hydrogen-bond acceptors (Lipinski definition) is 2. The van der Waals surface area contributed by atoms with E-state index in [-0.39, 0.29) is 11.6 Å². The molecule has 1 aliphatic carbocycles. The van der Waals surface area contributed by atoms with Gasteiger partial charge in [-0.2, -0.15) is 0 Å². The van der Waals surface area contributed by atoms with Gasteiger partial charge in [0.05, 0.1) is 6.10 Å². The Balaban J connectivity index is 1.81. The lowest BCUT2D eigenvalue weighted by molar-refractivity contribution is 0.0627. The van der Waals surface area contributed by atoms with Crippen molar-refractivity contribution in [2.45, 2.75) is 37.3 Å². The summed E-state index contributed by atoms with van der Waals surface area (Å²) in [5.41, 5.74) is 7.49. The first-order chi connectivity index (χ1) is 8.19. The van der Waals surface area contributed by atoms with Gasteiger partial charge in [0.1, 0.15) is 0 Å². The number of halogens is 1. The maximum atomic E-state index is 6.56. The Kier molecular flexibility index (Phi) is 2.89. The molecule has 2 fully saturated rings. The van der Waals surface area contributed by atoms with Crippen LogP contribution in [-0.2, 0) is 11.2 Å². The van der Waals surface area contributed by atoms with Crippen molar-refractivity contribution in [2.75, 3.05) is 6.61 Å². The summed E-state index contributed by atoms with van der Waals surface area (Å²) in [6.45, 7) is 0.794. The van der Waals surface area contributed by atoms with E-state index in [1.807, 2.05) is 18.2 Å². The minimum absolute atomic E-state index is 0.216. The third kappa shape index (κ3) is 2.22. The lowest BCUT2D eigenvalue weighted by Gasteiger charge is -2.30. The number of ether oxygens (including phenoxy) is 1. The van der Waals surface area contributed by atoms with Gasteiger partial charge in [-0.15, -0.1) is 0 Å². The average molecular weight is 252 g/mol. The molecule has 0 spiro atoms. The smallest absolute Gasteiger partial charge is 0.0786 e. The molecule has 2 unspecified atom stereocenters. The zero-order chi connectivity index (χ0) is 11.9. The van der Waals surface area contributed by atoms with Crippen molar-refractivity contribution in [1.29, 1.82) is 0 Å². The van der Waals surface area contributed by atoms with Gasteiger partial charge >= 0.3 is 0 Å². The maximum Gasteiger partial charge on any atom is 0.0786 e. The standard InChI is InChI=1S/C14H18ClNO/c15-12-4-2-1-3-11(12)9-14(16)7-8-17-13(14)10-5-6-10/h1-4,10,13H,5-9,16H2. The first-order valence-electron chi connectivity index (χ1n) is 6.33. The minimum atomic E-state index is -0.216. The molecule has 1 aliphatic heterocycles. The Morgan fingerprint density at radius 1 is 1.35 bits per heavy atom. The van der Waals surface area contributed by atoms with E-state index in [4.69, 9.17) is 22.1 Å². The highest BCUT2D eigenvalue weighted by Crippen LogP contribution is 2.43. The van der Waals surface area contributed by atoms with Crippen LogP contribution in [0.2, 0.25) is 5.02 Å². The largest absolute Gasteiger partial charge is 0.376 e. The molecule has 17 heavy (non-hydrogen) atoms. The first-order valence-corrected chi connectivity index (χ1v) is 6.71. The van der Waals surface area contributed by atoms with E-state index in [0.717, 1.165) is 30.0 Å². The number of rotatable bonds is 3. The van der Waals surface area contributed by atoms with Crippen molar-refractivity contribution in [2.24, 2.45) is 11.7 Å². The van der Waals surface area contributed by atoms with Gasteiger partial charge in [-0.05, 0) is 43.2 Å². The first kappa shape index (κ1) is 11.5. The predicted molar refractivity (Wildman–Crippen MR) is 69.2 cm³/mol. The average Bonchev–Trinajstić information content (AvgIpc) is 3.07. The molecule has 0 amide bonds. The Morgan fingerprint density at radius 3 is 2.82 bits per heavy atom. The van der Waals surface area contributed by atoms with E-state index in [1.54, 1.807) is 0 Å². The molecule has 3 rings (SSSR count). The Labute approximate surface area is 107 Å². The Hall–Kier alpha value is -0.570. The van der Waals surface area contributed by atoms with Gasteiger partial charge in [-0.1, -0.05) is 29.8 Å². The fourth-order valence-electron chi connectivity index (χ4n) is 2.87. The van der Waals surface area contributed by atoms with Crippen molar-refractivity contribution in [3.63, 3.8) is 0 Å². The number of hydrogen-bond donors (Lipinski definition) is 1. The van der Waals surface area contributed by atoms with Gasteiger partial charge in [0.25, 0.3) is 0 Å². The second kappa shape index (κ2) is 4.27. The van der Waals surface area contributed by atoms with Crippen LogP contribution in [0.15, 0.2) is 24.3 Å². The molecule has 2 N–H and O–H groups in total. The predicted octanol–water partition coefficient (Wildman–Crippen LogP) is 2.78. The molecule has 2 aliphatic rings. The van der Waals surface area contributed by atoms with E-state index in [1.165, 1.54) is 12.8 Å². The van der Waals surface area contributed by atoms with Gasteiger partial charge in [-0.25, -0.2) is 0 Å². The SMILES string of the molecule is NC1(Cc2ccccc2Cl)CCOC1C1CC1. The molecule has 2 nitrogen and oxygen atoms in total. The molecule has 92 valence electrons. The summed E-state index contributed by atoms with van der Waals surface area (Å²) in [6, 6.07) is 7.98. The molecule has 0 aromatic heterocycles. The van der Waals surface area contributed by atoms with Crippen LogP contribution in [-0.4, -0.2) is 18.2 Å². The van der Waals surface area contributed by atoms with Crippen LogP contribution in [0.3, 0.4) is 0 Å². The lowest BCUT2D eigenvalue weighted by atomic mass is 9.83. The van der Waals surface area contributed by atoms with Crippen LogP contribution in [0.4, 0.5) is 0 Å². The highest BCUT2D eigenvalue weighted by atomic mass is 35.5. The van der Waals surface area contributed by atoms with E-state index in [9.17, 15) is 0 Å². The Morgan fingerprint density at radius 2 is 2.12 bits per heavy atom. The molecule has 1 saturated heterocycles. The zero-order valence-electron chi connectivity index (χ0n) is 9.86. The normalized spacial score (nSPS) is 32.9. The van der Waals surface area contributed by atoms with Crippen LogP contribution in [0, 0.1) is 5.92 Å². The maximum absolute atomic E-state index is 6.56. The van der Waals surface area contributed by atoms with Crippen molar-refractivity contribution in [3.05, 3.63) is 34.9 Å². The second-order valence-corrected chi connectivity index (χ2v) is 5.79. The van der Waals surface area contributed by atoms with Gasteiger partial charge < -0.3 is 10.5 Å². The molecule has 1 aromatic carbocycles. The van der Waals surface area contributed by atoms with Crippen LogP contribution < -0.4 is 5.73 Å². The fourth-order valence-corrected chi connectivity index (χ4v) is 3.08. The summed E-state index contributed by atoms with van der Waals surface area (Å²) in [5.74, 6) is 0.685. The summed E-state index contributed by atoms with van der Waals surface area (Å²) in [4.78, 5) is 0. The van der Waals surface area contributed by atoms with Gasteiger partial charge in [-0.3, -0.25) is 0 Å². The van der Waals surface area contributed by atoms with E-state index >= 15 is 0 Å². The molecule has 0 bridgehead atoms. The van der Waals surface area contributed by atoms with Crippen LogP contribution >= 0.6 is 11.6 Å². The Bertz CT molecular complexity index is 418. The van der Waals surface area contributed by atoms with Crippen LogP contribution in [0.25, 0.3) is 0 Å². The molecule has 3 heteroatoms. The van der Waals surface area contributed by atoms with Gasteiger partial charge in [0, 0.05) is 17.2 Å². The van der Waals surface area contributed by atoms with E-state index < -0.39 is 0 Å². The minimum Gasteiger partial charge on any atom is -0.376 e. The fraction of sp³-hybridized carbons (Fsp3) is 0.571. The molecule has 1 aromatic rings. The third-order valence-electron chi connectivity index (χ3n) is 3.96. The van der Waals surface area contributed by atoms with E-state index in [2.05, 4.69) is 6.07 Å². The summed E-state index contributed by atoms with van der Waals surface area (Å²) < 4.78 is 5.84. The quantitative estimate of drug-likeness (QED) is 0.897. The summed E-state index contributed by atoms with van der Waals surface area (Å²) in [6.07, 6.45) is 4.55. The van der Waals surface area contributed by atoms with Gasteiger partial charge in [0.15, 0.2) is 0 Å². The zero-order valence-corrected chi connectivity index (χ0v) is 10.6. The highest BCUT2D eigenvalue weighted by Gasteiger charge is 2.48.